The van der Waals surface area contributed by atoms with E-state index in [1.54, 1.807) is 13.8 Å². The van der Waals surface area contributed by atoms with Gasteiger partial charge in [0.2, 0.25) is 11.9 Å². The maximum Gasteiger partial charge on any atom is 0.416 e. The first kappa shape index (κ1) is 16.5. The maximum atomic E-state index is 12.7. The summed E-state index contributed by atoms with van der Waals surface area (Å²) in [4.78, 5) is 21.4. The Labute approximate surface area is 125 Å². The number of carbonyl (C=O) groups excluding carboxylic acids is 1. The van der Waals surface area contributed by atoms with Gasteiger partial charge in [0.05, 0.1) is 19.6 Å². The van der Waals surface area contributed by atoms with Crippen molar-refractivity contribution in [2.24, 2.45) is 0 Å². The number of ether oxygens (including phenoxy) is 1. The molecule has 0 saturated carbocycles. The van der Waals surface area contributed by atoms with Gasteiger partial charge in [0.1, 0.15) is 0 Å². The third-order valence-electron chi connectivity index (χ3n) is 3.55. The van der Waals surface area contributed by atoms with Crippen LogP contribution in [0.1, 0.15) is 17.0 Å². The lowest BCUT2D eigenvalue weighted by Gasteiger charge is -2.34. The van der Waals surface area contributed by atoms with Gasteiger partial charge >= 0.3 is 6.18 Å². The predicted molar refractivity (Wildman–Crippen MR) is 72.0 cm³/mol. The average molecular weight is 318 g/mol. The Kier molecular flexibility index (Phi) is 4.55. The molecule has 1 saturated heterocycles. The fourth-order valence-electron chi connectivity index (χ4n) is 2.36. The largest absolute Gasteiger partial charge is 0.416 e. The molecule has 1 aliphatic heterocycles. The topological polar surface area (TPSA) is 81.3 Å². The van der Waals surface area contributed by atoms with Crippen LogP contribution in [-0.2, 0) is 16.0 Å². The van der Waals surface area contributed by atoms with Crippen molar-refractivity contribution in [2.45, 2.75) is 32.5 Å². The number of hydrogen-bond acceptors (Lipinski definition) is 5. The van der Waals surface area contributed by atoms with Crippen LogP contribution in [0, 0.1) is 13.8 Å². The second-order valence-electron chi connectivity index (χ2n) is 5.15. The van der Waals surface area contributed by atoms with Gasteiger partial charge in [0, 0.05) is 23.5 Å². The molecular weight excluding hydrogens is 301 g/mol. The normalized spacial score (nSPS) is 19.3. The molecule has 1 aromatic rings. The molecule has 9 heteroatoms. The van der Waals surface area contributed by atoms with Gasteiger partial charge in [-0.25, -0.2) is 9.97 Å². The maximum absolute atomic E-state index is 12.7. The van der Waals surface area contributed by atoms with E-state index < -0.39 is 24.7 Å². The first-order valence-electron chi connectivity index (χ1n) is 6.74. The molecule has 1 amide bonds. The number of rotatable bonds is 2. The number of alkyl halides is 3. The molecular formula is C13H17F3N4O2. The van der Waals surface area contributed by atoms with Crippen LogP contribution < -0.4 is 5.73 Å². The Bertz CT molecular complexity index is 554. The number of aromatic nitrogens is 2. The average Bonchev–Trinajstić information content (AvgIpc) is 2.41. The highest BCUT2D eigenvalue weighted by atomic mass is 19.4. The second-order valence-corrected chi connectivity index (χ2v) is 5.15. The van der Waals surface area contributed by atoms with E-state index in [1.807, 2.05) is 0 Å². The molecule has 2 N–H and O–H groups in total. The van der Waals surface area contributed by atoms with Gasteiger partial charge in [-0.05, 0) is 13.8 Å². The Balaban J connectivity index is 2.10. The number of carbonyl (C=O) groups is 1. The number of halogens is 3. The van der Waals surface area contributed by atoms with Gasteiger partial charge in [-0.3, -0.25) is 4.79 Å². The van der Waals surface area contributed by atoms with Crippen molar-refractivity contribution >= 4 is 11.9 Å². The van der Waals surface area contributed by atoms with Crippen LogP contribution in [-0.4, -0.2) is 52.8 Å². The second kappa shape index (κ2) is 6.07. The fourth-order valence-corrected chi connectivity index (χ4v) is 2.36. The zero-order valence-corrected chi connectivity index (χ0v) is 12.3. The van der Waals surface area contributed by atoms with Crippen LogP contribution in [0.15, 0.2) is 0 Å². The molecule has 6 nitrogen and oxygen atoms in total. The third-order valence-corrected chi connectivity index (χ3v) is 3.55. The van der Waals surface area contributed by atoms with Crippen LogP contribution in [0.25, 0.3) is 0 Å². The summed E-state index contributed by atoms with van der Waals surface area (Å²) in [5.74, 6) is -0.299. The highest BCUT2D eigenvalue weighted by molar-refractivity contribution is 5.79. The van der Waals surface area contributed by atoms with E-state index in [-0.39, 0.29) is 25.5 Å². The van der Waals surface area contributed by atoms with Crippen molar-refractivity contribution in [3.63, 3.8) is 0 Å². The van der Waals surface area contributed by atoms with E-state index in [0.29, 0.717) is 17.0 Å². The van der Waals surface area contributed by atoms with Gasteiger partial charge < -0.3 is 15.4 Å². The lowest BCUT2D eigenvalue weighted by molar-refractivity contribution is -0.236. The third kappa shape index (κ3) is 3.65. The summed E-state index contributed by atoms with van der Waals surface area (Å²) in [7, 11) is 0. The molecule has 0 radical (unpaired) electrons. The number of hydrogen-bond donors (Lipinski definition) is 1. The number of nitrogen functional groups attached to an aromatic ring is 1. The number of nitrogens with zero attached hydrogens (tertiary/aromatic N) is 3. The molecule has 1 atom stereocenters. The quantitative estimate of drug-likeness (QED) is 0.880. The van der Waals surface area contributed by atoms with Crippen molar-refractivity contribution in [1.29, 1.82) is 0 Å². The Morgan fingerprint density at radius 2 is 1.95 bits per heavy atom. The smallest absolute Gasteiger partial charge is 0.368 e. The number of nitrogens with two attached hydrogens (primary N) is 1. The minimum absolute atomic E-state index is 0.0531. The summed E-state index contributed by atoms with van der Waals surface area (Å²) in [5, 5.41) is 0. The van der Waals surface area contributed by atoms with E-state index in [0.717, 1.165) is 4.90 Å². The molecule has 22 heavy (non-hydrogen) atoms. The number of amides is 1. The molecule has 2 heterocycles. The molecule has 0 bridgehead atoms. The summed E-state index contributed by atoms with van der Waals surface area (Å²) in [6.07, 6.45) is -6.47. The molecule has 0 aromatic carbocycles. The number of morpholine rings is 1. The Hall–Kier alpha value is -1.90. The lowest BCUT2D eigenvalue weighted by Crippen LogP contribution is -2.51. The molecule has 0 spiro atoms. The van der Waals surface area contributed by atoms with Gasteiger partial charge in [-0.1, -0.05) is 0 Å². The highest BCUT2D eigenvalue weighted by Gasteiger charge is 2.44. The number of aryl methyl sites for hydroxylation is 2. The number of anilines is 1. The summed E-state index contributed by atoms with van der Waals surface area (Å²) >= 11 is 0. The minimum atomic E-state index is -4.48. The van der Waals surface area contributed by atoms with Gasteiger partial charge in [0.15, 0.2) is 6.10 Å². The van der Waals surface area contributed by atoms with E-state index in [9.17, 15) is 18.0 Å². The van der Waals surface area contributed by atoms with Crippen molar-refractivity contribution in [3.05, 3.63) is 17.0 Å². The SMILES string of the molecule is Cc1nc(N)nc(C)c1CC(=O)N1CCO[C@@H](C(F)(F)F)C1. The summed E-state index contributed by atoms with van der Waals surface area (Å²) in [5.41, 5.74) is 7.21. The Morgan fingerprint density at radius 3 is 2.50 bits per heavy atom. The van der Waals surface area contributed by atoms with Crippen molar-refractivity contribution in [2.75, 3.05) is 25.4 Å². The molecule has 0 aliphatic carbocycles. The van der Waals surface area contributed by atoms with Crippen LogP contribution in [0.5, 0.6) is 0 Å². The molecule has 0 unspecified atom stereocenters. The van der Waals surface area contributed by atoms with Gasteiger partial charge in [-0.2, -0.15) is 13.2 Å². The van der Waals surface area contributed by atoms with Crippen molar-refractivity contribution in [1.82, 2.24) is 14.9 Å². The van der Waals surface area contributed by atoms with E-state index >= 15 is 0 Å². The zero-order chi connectivity index (χ0) is 16.5. The summed E-state index contributed by atoms with van der Waals surface area (Å²) in [6, 6.07) is 0. The van der Waals surface area contributed by atoms with E-state index in [2.05, 4.69) is 14.7 Å². The molecule has 1 aromatic heterocycles. The van der Waals surface area contributed by atoms with Crippen molar-refractivity contribution < 1.29 is 22.7 Å². The first-order chi connectivity index (χ1) is 10.2. The van der Waals surface area contributed by atoms with E-state index in [1.165, 1.54) is 0 Å². The molecule has 2 rings (SSSR count). The lowest BCUT2D eigenvalue weighted by atomic mass is 10.1. The van der Waals surface area contributed by atoms with Crippen LogP contribution >= 0.6 is 0 Å². The summed E-state index contributed by atoms with van der Waals surface area (Å²) in [6.45, 7) is 2.89. The molecule has 122 valence electrons. The molecule has 1 aliphatic rings. The monoisotopic (exact) mass is 318 g/mol. The predicted octanol–water partition coefficient (Wildman–Crippen LogP) is 1.01. The van der Waals surface area contributed by atoms with Crippen molar-refractivity contribution in [3.8, 4) is 0 Å². The van der Waals surface area contributed by atoms with Gasteiger partial charge in [0.25, 0.3) is 0 Å². The standard InChI is InChI=1S/C13H17F3N4O2/c1-7-9(8(2)19-12(17)18-7)5-11(21)20-3-4-22-10(6-20)13(14,15)16/h10H,3-6H2,1-2H3,(H2,17,18,19)/t10-/m1/s1. The van der Waals surface area contributed by atoms with Crippen LogP contribution in [0.2, 0.25) is 0 Å². The highest BCUT2D eigenvalue weighted by Crippen LogP contribution is 2.26. The fraction of sp³-hybridized carbons (Fsp3) is 0.615. The minimum Gasteiger partial charge on any atom is -0.368 e. The molecule has 1 fully saturated rings. The Morgan fingerprint density at radius 1 is 1.36 bits per heavy atom. The van der Waals surface area contributed by atoms with Gasteiger partial charge in [-0.15, -0.1) is 0 Å². The van der Waals surface area contributed by atoms with E-state index in [4.69, 9.17) is 5.73 Å². The van der Waals surface area contributed by atoms with Crippen LogP contribution in [0.3, 0.4) is 0 Å². The first-order valence-corrected chi connectivity index (χ1v) is 6.74. The van der Waals surface area contributed by atoms with Crippen LogP contribution in [0.4, 0.5) is 19.1 Å². The summed E-state index contributed by atoms with van der Waals surface area (Å²) < 4.78 is 42.7. The zero-order valence-electron chi connectivity index (χ0n) is 12.3.